The van der Waals surface area contributed by atoms with Gasteiger partial charge in [0.1, 0.15) is 5.71 Å². The van der Waals surface area contributed by atoms with Crippen LogP contribution in [0.3, 0.4) is 0 Å². The summed E-state index contributed by atoms with van der Waals surface area (Å²) in [6.07, 6.45) is 4.39. The Morgan fingerprint density at radius 2 is 1.86 bits per heavy atom. The molecule has 4 rings (SSSR count). The molecule has 0 amide bonds. The fourth-order valence-corrected chi connectivity index (χ4v) is 4.61. The average molecular weight is 393 g/mol. The first-order valence-electron chi connectivity index (χ1n) is 10.6. The summed E-state index contributed by atoms with van der Waals surface area (Å²) in [6, 6.07) is 4.35. The molecule has 29 heavy (non-hydrogen) atoms. The van der Waals surface area contributed by atoms with Gasteiger partial charge >= 0.3 is 0 Å². The van der Waals surface area contributed by atoms with Crippen molar-refractivity contribution in [1.82, 2.24) is 15.0 Å². The van der Waals surface area contributed by atoms with Crippen LogP contribution in [0.1, 0.15) is 55.7 Å². The van der Waals surface area contributed by atoms with E-state index in [0.717, 1.165) is 43.6 Å². The van der Waals surface area contributed by atoms with E-state index >= 15 is 0 Å². The second-order valence-corrected chi connectivity index (χ2v) is 9.65. The smallest absolute Gasteiger partial charge is 0.276 e. The summed E-state index contributed by atoms with van der Waals surface area (Å²) in [5.41, 5.74) is 9.07. The van der Waals surface area contributed by atoms with Crippen molar-refractivity contribution in [2.75, 3.05) is 27.2 Å². The minimum atomic E-state index is 0.368. The maximum atomic E-state index is 5.66. The number of likely N-dealkylation sites (N-methyl/N-ethyl adjacent to an activating group) is 1. The number of aromatic nitrogens is 2. The maximum Gasteiger partial charge on any atom is 0.276 e. The van der Waals surface area contributed by atoms with Crippen LogP contribution < -0.4 is 0 Å². The summed E-state index contributed by atoms with van der Waals surface area (Å²) in [7, 11) is 4.22. The lowest BCUT2D eigenvalue weighted by Crippen LogP contribution is -2.20. The molecule has 154 valence electrons. The van der Waals surface area contributed by atoms with Gasteiger partial charge in [-0.2, -0.15) is 4.98 Å². The summed E-state index contributed by atoms with van der Waals surface area (Å²) in [5, 5.41) is 4.29. The van der Waals surface area contributed by atoms with E-state index in [1.807, 2.05) is 0 Å². The van der Waals surface area contributed by atoms with E-state index in [4.69, 9.17) is 14.5 Å². The van der Waals surface area contributed by atoms with Crippen molar-refractivity contribution in [3.05, 3.63) is 45.9 Å². The van der Waals surface area contributed by atoms with Crippen LogP contribution in [-0.4, -0.2) is 47.9 Å². The third-order valence-corrected chi connectivity index (χ3v) is 6.28. The van der Waals surface area contributed by atoms with E-state index in [2.05, 4.69) is 64.0 Å². The van der Waals surface area contributed by atoms with Gasteiger partial charge in [0.2, 0.25) is 5.82 Å². The van der Waals surface area contributed by atoms with Crippen molar-refractivity contribution in [3.63, 3.8) is 0 Å². The molecule has 0 fully saturated rings. The van der Waals surface area contributed by atoms with Gasteiger partial charge < -0.3 is 9.42 Å². The lowest BCUT2D eigenvalue weighted by atomic mass is 9.74. The molecule has 0 saturated carbocycles. The molecule has 0 unspecified atom stereocenters. The van der Waals surface area contributed by atoms with Crippen molar-refractivity contribution in [2.24, 2.45) is 10.4 Å². The van der Waals surface area contributed by atoms with Gasteiger partial charge in [0.05, 0.1) is 6.54 Å². The van der Waals surface area contributed by atoms with Gasteiger partial charge in [-0.1, -0.05) is 19.0 Å². The number of benzene rings is 1. The Morgan fingerprint density at radius 3 is 2.55 bits per heavy atom. The van der Waals surface area contributed by atoms with Crippen molar-refractivity contribution in [3.8, 4) is 11.4 Å². The van der Waals surface area contributed by atoms with E-state index < -0.39 is 0 Å². The first-order chi connectivity index (χ1) is 13.7. The number of hydrogen-bond donors (Lipinski definition) is 0. The number of allylic oxidation sites excluding steroid dienone is 1. The SMILES string of the molecule is Cc1cc(-c2noc(C3=NCC4=C3CCC(C)(C)C4)n2)cc(C)c1CCN(C)C. The standard InChI is InChI=1S/C24H32N4O/c1-15-11-17(12-16(2)19(15)8-10-28(5)6)22-26-23(29-27-22)21-20-7-9-24(3,4)13-18(20)14-25-21/h11-12H,7-10,13-14H2,1-6H3. The Bertz CT molecular complexity index is 971. The van der Waals surface area contributed by atoms with Crippen LogP contribution >= 0.6 is 0 Å². The van der Waals surface area contributed by atoms with E-state index in [-0.39, 0.29) is 0 Å². The van der Waals surface area contributed by atoms with Crippen molar-refractivity contribution in [1.29, 1.82) is 0 Å². The summed E-state index contributed by atoms with van der Waals surface area (Å²) in [4.78, 5) is 11.7. The quantitative estimate of drug-likeness (QED) is 0.736. The molecule has 0 spiro atoms. The first kappa shape index (κ1) is 20.0. The zero-order chi connectivity index (χ0) is 20.8. The molecule has 0 atom stereocenters. The highest BCUT2D eigenvalue weighted by atomic mass is 16.5. The Labute approximate surface area is 173 Å². The van der Waals surface area contributed by atoms with Gasteiger partial charge in [-0.05, 0) is 99.0 Å². The highest BCUT2D eigenvalue weighted by Crippen LogP contribution is 2.42. The van der Waals surface area contributed by atoms with Gasteiger partial charge in [-0.25, -0.2) is 0 Å². The van der Waals surface area contributed by atoms with Gasteiger partial charge in [0, 0.05) is 12.1 Å². The van der Waals surface area contributed by atoms with Gasteiger partial charge in [-0.15, -0.1) is 0 Å². The molecule has 5 heteroatoms. The molecule has 2 aromatic rings. The van der Waals surface area contributed by atoms with Crippen LogP contribution in [0.15, 0.2) is 32.8 Å². The minimum absolute atomic E-state index is 0.368. The Kier molecular flexibility index (Phi) is 5.19. The van der Waals surface area contributed by atoms with Crippen molar-refractivity contribution in [2.45, 2.75) is 53.4 Å². The minimum Gasteiger partial charge on any atom is -0.332 e. The van der Waals surface area contributed by atoms with Gasteiger partial charge in [-0.3, -0.25) is 4.99 Å². The molecule has 0 radical (unpaired) electrons. The average Bonchev–Trinajstić information content (AvgIpc) is 3.26. The molecule has 2 aliphatic rings. The van der Waals surface area contributed by atoms with Crippen molar-refractivity contribution < 1.29 is 4.52 Å². The molecular formula is C24H32N4O. The number of rotatable bonds is 5. The number of aliphatic imine (C=N–C) groups is 1. The normalized spacial score (nSPS) is 18.4. The van der Waals surface area contributed by atoms with Crippen LogP contribution in [0.5, 0.6) is 0 Å². The largest absolute Gasteiger partial charge is 0.332 e. The predicted molar refractivity (Wildman–Crippen MR) is 118 cm³/mol. The number of aryl methyl sites for hydroxylation is 2. The fourth-order valence-electron chi connectivity index (χ4n) is 4.61. The molecule has 0 bridgehead atoms. The topological polar surface area (TPSA) is 54.5 Å². The monoisotopic (exact) mass is 392 g/mol. The summed E-state index contributed by atoms with van der Waals surface area (Å²) in [6.45, 7) is 10.8. The molecule has 1 aromatic heterocycles. The Hall–Kier alpha value is -2.27. The Balaban J connectivity index is 1.58. The second kappa shape index (κ2) is 7.52. The molecule has 0 saturated heterocycles. The van der Waals surface area contributed by atoms with Crippen LogP contribution in [-0.2, 0) is 6.42 Å². The molecule has 2 heterocycles. The van der Waals surface area contributed by atoms with Crippen LogP contribution in [0.25, 0.3) is 11.4 Å². The highest BCUT2D eigenvalue weighted by Gasteiger charge is 2.33. The van der Waals surface area contributed by atoms with Gasteiger partial charge in [0.15, 0.2) is 0 Å². The third-order valence-electron chi connectivity index (χ3n) is 6.28. The molecule has 0 N–H and O–H groups in total. The zero-order valence-electron chi connectivity index (χ0n) is 18.6. The lowest BCUT2D eigenvalue weighted by Gasteiger charge is -2.30. The van der Waals surface area contributed by atoms with Crippen LogP contribution in [0, 0.1) is 19.3 Å². The van der Waals surface area contributed by atoms with E-state index in [9.17, 15) is 0 Å². The van der Waals surface area contributed by atoms with E-state index in [0.29, 0.717) is 17.1 Å². The Morgan fingerprint density at radius 1 is 1.14 bits per heavy atom. The predicted octanol–water partition coefficient (Wildman–Crippen LogP) is 4.77. The van der Waals surface area contributed by atoms with Gasteiger partial charge in [0.25, 0.3) is 5.89 Å². The summed E-state index contributed by atoms with van der Waals surface area (Å²) < 4.78 is 5.66. The lowest BCUT2D eigenvalue weighted by molar-refractivity contribution is 0.317. The molecular weight excluding hydrogens is 360 g/mol. The first-order valence-corrected chi connectivity index (χ1v) is 10.6. The van der Waals surface area contributed by atoms with Crippen LogP contribution in [0.4, 0.5) is 0 Å². The summed E-state index contributed by atoms with van der Waals surface area (Å²) in [5.74, 6) is 1.22. The van der Waals surface area contributed by atoms with E-state index in [1.54, 1.807) is 0 Å². The highest BCUT2D eigenvalue weighted by molar-refractivity contribution is 6.12. The molecule has 1 aliphatic heterocycles. The summed E-state index contributed by atoms with van der Waals surface area (Å²) >= 11 is 0. The molecule has 1 aromatic carbocycles. The number of nitrogens with zero attached hydrogens (tertiary/aromatic N) is 4. The number of hydrogen-bond acceptors (Lipinski definition) is 5. The molecule has 5 nitrogen and oxygen atoms in total. The fraction of sp³-hybridized carbons (Fsp3) is 0.542. The second-order valence-electron chi connectivity index (χ2n) is 9.65. The van der Waals surface area contributed by atoms with E-state index in [1.165, 1.54) is 34.3 Å². The van der Waals surface area contributed by atoms with Crippen LogP contribution in [0.2, 0.25) is 0 Å². The van der Waals surface area contributed by atoms with Crippen molar-refractivity contribution >= 4 is 5.71 Å². The maximum absolute atomic E-state index is 5.66. The molecule has 1 aliphatic carbocycles. The zero-order valence-corrected chi connectivity index (χ0v) is 18.6. The third kappa shape index (κ3) is 4.06.